The highest BCUT2D eigenvalue weighted by molar-refractivity contribution is 5.94. The number of unbranched alkanes of at least 4 members (excludes halogenated alkanes) is 1. The molecule has 0 aromatic heterocycles. The smallest absolute Gasteiger partial charge is 0.251 e. The molecule has 1 rings (SSSR count). The summed E-state index contributed by atoms with van der Waals surface area (Å²) in [6.07, 6.45) is 3.25. The Balaban J connectivity index is 2.56. The molecule has 18 heavy (non-hydrogen) atoms. The van der Waals surface area contributed by atoms with Gasteiger partial charge in [0.2, 0.25) is 0 Å². The molecule has 0 aliphatic heterocycles. The predicted molar refractivity (Wildman–Crippen MR) is 77.2 cm³/mol. The SMILES string of the molecule is CCCCNC(=O)c1ccc(N(C)CCC)cc1. The van der Waals surface area contributed by atoms with Gasteiger partial charge in [-0.2, -0.15) is 0 Å². The molecule has 1 amide bonds. The van der Waals surface area contributed by atoms with Gasteiger partial charge in [0.25, 0.3) is 5.91 Å². The van der Waals surface area contributed by atoms with Crippen molar-refractivity contribution in [3.8, 4) is 0 Å². The first kappa shape index (κ1) is 14.6. The molecule has 0 aliphatic rings. The van der Waals surface area contributed by atoms with Crippen molar-refractivity contribution in [1.29, 1.82) is 0 Å². The van der Waals surface area contributed by atoms with Gasteiger partial charge in [-0.05, 0) is 37.1 Å². The maximum absolute atomic E-state index is 11.8. The zero-order valence-corrected chi connectivity index (χ0v) is 11.7. The van der Waals surface area contributed by atoms with Crippen LogP contribution in [0.3, 0.4) is 0 Å². The number of nitrogens with one attached hydrogen (secondary N) is 1. The highest BCUT2D eigenvalue weighted by Crippen LogP contribution is 2.14. The first-order valence-corrected chi connectivity index (χ1v) is 6.78. The Kier molecular flexibility index (Phi) is 6.26. The van der Waals surface area contributed by atoms with Crippen LogP contribution in [0.25, 0.3) is 0 Å². The molecule has 100 valence electrons. The second-order valence-electron chi connectivity index (χ2n) is 4.58. The molecule has 3 nitrogen and oxygen atoms in total. The van der Waals surface area contributed by atoms with Crippen LogP contribution in [0.1, 0.15) is 43.5 Å². The average molecular weight is 248 g/mol. The lowest BCUT2D eigenvalue weighted by molar-refractivity contribution is 0.0953. The van der Waals surface area contributed by atoms with Crippen molar-refractivity contribution in [2.75, 3.05) is 25.0 Å². The Morgan fingerprint density at radius 3 is 2.39 bits per heavy atom. The van der Waals surface area contributed by atoms with E-state index in [4.69, 9.17) is 0 Å². The van der Waals surface area contributed by atoms with Crippen LogP contribution in [0.5, 0.6) is 0 Å². The fraction of sp³-hybridized carbons (Fsp3) is 0.533. The quantitative estimate of drug-likeness (QED) is 0.752. The number of amides is 1. The summed E-state index contributed by atoms with van der Waals surface area (Å²) >= 11 is 0. The van der Waals surface area contributed by atoms with Crippen molar-refractivity contribution in [2.24, 2.45) is 0 Å². The van der Waals surface area contributed by atoms with Crippen LogP contribution in [0.15, 0.2) is 24.3 Å². The van der Waals surface area contributed by atoms with Crippen LogP contribution in [-0.2, 0) is 0 Å². The van der Waals surface area contributed by atoms with E-state index in [-0.39, 0.29) is 5.91 Å². The second-order valence-corrected chi connectivity index (χ2v) is 4.58. The summed E-state index contributed by atoms with van der Waals surface area (Å²) < 4.78 is 0. The van der Waals surface area contributed by atoms with Gasteiger partial charge in [0.05, 0.1) is 0 Å². The number of hydrogen-bond donors (Lipinski definition) is 1. The third-order valence-corrected chi connectivity index (χ3v) is 2.95. The molecule has 1 aromatic rings. The number of carbonyl (C=O) groups excluding carboxylic acids is 1. The average Bonchev–Trinajstić information content (AvgIpc) is 2.39. The van der Waals surface area contributed by atoms with Crippen molar-refractivity contribution in [3.63, 3.8) is 0 Å². The molecule has 0 unspecified atom stereocenters. The van der Waals surface area contributed by atoms with E-state index in [1.165, 1.54) is 0 Å². The number of benzene rings is 1. The molecule has 1 aromatic carbocycles. The van der Waals surface area contributed by atoms with Gasteiger partial charge >= 0.3 is 0 Å². The van der Waals surface area contributed by atoms with Gasteiger partial charge < -0.3 is 10.2 Å². The second kappa shape index (κ2) is 7.75. The molecule has 0 bridgehead atoms. The monoisotopic (exact) mass is 248 g/mol. The number of nitrogens with zero attached hydrogens (tertiary/aromatic N) is 1. The predicted octanol–water partition coefficient (Wildman–Crippen LogP) is 3.06. The largest absolute Gasteiger partial charge is 0.375 e. The molecule has 0 saturated carbocycles. The van der Waals surface area contributed by atoms with Gasteiger partial charge in [-0.3, -0.25) is 4.79 Å². The molecule has 1 N–H and O–H groups in total. The van der Waals surface area contributed by atoms with E-state index in [1.807, 2.05) is 24.3 Å². The van der Waals surface area contributed by atoms with Gasteiger partial charge in [-0.1, -0.05) is 20.3 Å². The molecule has 0 saturated heterocycles. The Morgan fingerprint density at radius 1 is 1.17 bits per heavy atom. The van der Waals surface area contributed by atoms with Crippen LogP contribution in [-0.4, -0.2) is 26.0 Å². The maximum atomic E-state index is 11.8. The minimum atomic E-state index is 0.0214. The van der Waals surface area contributed by atoms with Crippen molar-refractivity contribution in [3.05, 3.63) is 29.8 Å². The minimum absolute atomic E-state index is 0.0214. The van der Waals surface area contributed by atoms with Gasteiger partial charge in [0.1, 0.15) is 0 Å². The molecule has 0 aliphatic carbocycles. The normalized spacial score (nSPS) is 10.2. The van der Waals surface area contributed by atoms with Crippen LogP contribution >= 0.6 is 0 Å². The van der Waals surface area contributed by atoms with Crippen molar-refractivity contribution in [2.45, 2.75) is 33.1 Å². The number of hydrogen-bond acceptors (Lipinski definition) is 2. The molecular weight excluding hydrogens is 224 g/mol. The van der Waals surface area contributed by atoms with Crippen molar-refractivity contribution in [1.82, 2.24) is 5.32 Å². The maximum Gasteiger partial charge on any atom is 0.251 e. The summed E-state index contributed by atoms with van der Waals surface area (Å²) in [5.41, 5.74) is 1.89. The first-order chi connectivity index (χ1) is 8.69. The fourth-order valence-corrected chi connectivity index (χ4v) is 1.81. The molecule has 0 spiro atoms. The Morgan fingerprint density at radius 2 is 1.83 bits per heavy atom. The van der Waals surface area contributed by atoms with E-state index in [9.17, 15) is 4.79 Å². The molecule has 0 atom stereocenters. The van der Waals surface area contributed by atoms with Crippen LogP contribution in [0, 0.1) is 0 Å². The van der Waals surface area contributed by atoms with Gasteiger partial charge in [0.15, 0.2) is 0 Å². The molecule has 0 fully saturated rings. The summed E-state index contributed by atoms with van der Waals surface area (Å²) in [7, 11) is 2.07. The van der Waals surface area contributed by atoms with Crippen LogP contribution < -0.4 is 10.2 Å². The van der Waals surface area contributed by atoms with Crippen molar-refractivity contribution >= 4 is 11.6 Å². The molecule has 0 heterocycles. The number of carbonyl (C=O) groups is 1. The van der Waals surface area contributed by atoms with E-state index in [2.05, 4.69) is 31.1 Å². The zero-order valence-electron chi connectivity index (χ0n) is 11.7. The van der Waals surface area contributed by atoms with Crippen LogP contribution in [0.2, 0.25) is 0 Å². The minimum Gasteiger partial charge on any atom is -0.375 e. The van der Waals surface area contributed by atoms with E-state index in [0.29, 0.717) is 0 Å². The first-order valence-electron chi connectivity index (χ1n) is 6.78. The number of rotatable bonds is 7. The fourth-order valence-electron chi connectivity index (χ4n) is 1.81. The van der Waals surface area contributed by atoms with Gasteiger partial charge in [-0.25, -0.2) is 0 Å². The van der Waals surface area contributed by atoms with E-state index >= 15 is 0 Å². The summed E-state index contributed by atoms with van der Waals surface area (Å²) in [4.78, 5) is 14.0. The Bertz CT molecular complexity index is 359. The Labute approximate surface area is 110 Å². The summed E-state index contributed by atoms with van der Waals surface area (Å²) in [5, 5.41) is 2.92. The third kappa shape index (κ3) is 4.40. The zero-order chi connectivity index (χ0) is 13.4. The van der Waals surface area contributed by atoms with Crippen molar-refractivity contribution < 1.29 is 4.79 Å². The summed E-state index contributed by atoms with van der Waals surface area (Å²) in [5.74, 6) is 0.0214. The standard InChI is InChI=1S/C15H24N2O/c1-4-6-11-16-15(18)13-7-9-14(10-8-13)17(3)12-5-2/h7-10H,4-6,11-12H2,1-3H3,(H,16,18). The van der Waals surface area contributed by atoms with Crippen LogP contribution in [0.4, 0.5) is 5.69 Å². The highest BCUT2D eigenvalue weighted by Gasteiger charge is 2.05. The van der Waals surface area contributed by atoms with Gasteiger partial charge in [0, 0.05) is 31.4 Å². The lowest BCUT2D eigenvalue weighted by Crippen LogP contribution is -2.24. The van der Waals surface area contributed by atoms with E-state index in [0.717, 1.165) is 43.6 Å². The molecule has 0 radical (unpaired) electrons. The molecular formula is C15H24N2O. The van der Waals surface area contributed by atoms with E-state index < -0.39 is 0 Å². The number of anilines is 1. The summed E-state index contributed by atoms with van der Waals surface area (Å²) in [6.45, 7) is 6.06. The lowest BCUT2D eigenvalue weighted by Gasteiger charge is -2.18. The van der Waals surface area contributed by atoms with Gasteiger partial charge in [-0.15, -0.1) is 0 Å². The Hall–Kier alpha value is -1.51. The highest BCUT2D eigenvalue weighted by atomic mass is 16.1. The lowest BCUT2D eigenvalue weighted by atomic mass is 10.2. The summed E-state index contributed by atoms with van der Waals surface area (Å²) in [6, 6.07) is 7.79. The topological polar surface area (TPSA) is 32.3 Å². The molecule has 3 heteroatoms. The third-order valence-electron chi connectivity index (χ3n) is 2.95. The van der Waals surface area contributed by atoms with E-state index in [1.54, 1.807) is 0 Å².